The van der Waals surface area contributed by atoms with Gasteiger partial charge < -0.3 is 10.6 Å². The van der Waals surface area contributed by atoms with Gasteiger partial charge in [-0.05, 0) is 17.7 Å². The molecule has 0 aliphatic rings. The quantitative estimate of drug-likeness (QED) is 0.859. The van der Waals surface area contributed by atoms with E-state index >= 15 is 0 Å². The van der Waals surface area contributed by atoms with E-state index in [0.717, 1.165) is 28.6 Å². The molecule has 0 unspecified atom stereocenters. The minimum atomic E-state index is -0.0171. The highest BCUT2D eigenvalue weighted by Crippen LogP contribution is 2.15. The topological polar surface area (TPSA) is 66.9 Å². The summed E-state index contributed by atoms with van der Waals surface area (Å²) in [5.41, 5.74) is 1.95. The third kappa shape index (κ3) is 4.53. The van der Waals surface area contributed by atoms with Crippen LogP contribution in [0, 0.1) is 5.92 Å². The third-order valence-corrected chi connectivity index (χ3v) is 3.68. The molecule has 0 bridgehead atoms. The smallest absolute Gasteiger partial charge is 0.226 e. The van der Waals surface area contributed by atoms with Crippen LogP contribution in [0.2, 0.25) is 0 Å². The van der Waals surface area contributed by atoms with Crippen molar-refractivity contribution in [1.82, 2.24) is 9.36 Å². The SMILES string of the molecule is CCc1nsc(NCc2ccc(NC(=O)C(C)C)cc2)n1. The average Bonchev–Trinajstić information content (AvgIpc) is 2.94. The Balaban J connectivity index is 1.88. The van der Waals surface area contributed by atoms with Crippen LogP contribution in [0.15, 0.2) is 24.3 Å². The first-order valence-corrected chi connectivity index (χ1v) is 7.82. The minimum Gasteiger partial charge on any atom is -0.356 e. The number of benzene rings is 1. The number of carbonyl (C=O) groups excluding carboxylic acids is 1. The third-order valence-electron chi connectivity index (χ3n) is 2.97. The number of carbonyl (C=O) groups is 1. The molecule has 21 heavy (non-hydrogen) atoms. The highest BCUT2D eigenvalue weighted by molar-refractivity contribution is 7.09. The van der Waals surface area contributed by atoms with Crippen LogP contribution in [0.1, 0.15) is 32.2 Å². The van der Waals surface area contributed by atoms with Crippen LogP contribution < -0.4 is 10.6 Å². The van der Waals surface area contributed by atoms with Gasteiger partial charge in [-0.2, -0.15) is 4.37 Å². The zero-order chi connectivity index (χ0) is 15.2. The molecule has 1 aromatic heterocycles. The van der Waals surface area contributed by atoms with E-state index in [4.69, 9.17) is 0 Å². The summed E-state index contributed by atoms with van der Waals surface area (Å²) in [6, 6.07) is 7.80. The van der Waals surface area contributed by atoms with Gasteiger partial charge in [0.1, 0.15) is 5.82 Å². The Morgan fingerprint density at radius 1 is 1.29 bits per heavy atom. The van der Waals surface area contributed by atoms with Gasteiger partial charge >= 0.3 is 0 Å². The van der Waals surface area contributed by atoms with Crippen LogP contribution in [-0.2, 0) is 17.8 Å². The van der Waals surface area contributed by atoms with Crippen LogP contribution in [0.25, 0.3) is 0 Å². The van der Waals surface area contributed by atoms with Crippen molar-refractivity contribution in [2.75, 3.05) is 10.6 Å². The fourth-order valence-electron chi connectivity index (χ4n) is 1.64. The van der Waals surface area contributed by atoms with Crippen molar-refractivity contribution in [3.05, 3.63) is 35.7 Å². The summed E-state index contributed by atoms with van der Waals surface area (Å²) >= 11 is 1.38. The maximum absolute atomic E-state index is 11.6. The van der Waals surface area contributed by atoms with E-state index in [2.05, 4.69) is 20.0 Å². The molecule has 0 saturated heterocycles. The molecule has 1 amide bonds. The number of hydrogen-bond acceptors (Lipinski definition) is 5. The number of aromatic nitrogens is 2. The van der Waals surface area contributed by atoms with Crippen LogP contribution >= 0.6 is 11.5 Å². The second kappa shape index (κ2) is 7.17. The summed E-state index contributed by atoms with van der Waals surface area (Å²) in [4.78, 5) is 16.0. The first-order chi connectivity index (χ1) is 10.1. The minimum absolute atomic E-state index is 0.0171. The number of hydrogen-bond donors (Lipinski definition) is 2. The summed E-state index contributed by atoms with van der Waals surface area (Å²) in [7, 11) is 0. The van der Waals surface area contributed by atoms with Gasteiger partial charge in [0, 0.05) is 36.1 Å². The van der Waals surface area contributed by atoms with E-state index in [9.17, 15) is 4.79 Å². The van der Waals surface area contributed by atoms with Crippen LogP contribution in [0.4, 0.5) is 10.8 Å². The fraction of sp³-hybridized carbons (Fsp3) is 0.400. The van der Waals surface area contributed by atoms with Gasteiger partial charge in [-0.15, -0.1) is 0 Å². The van der Waals surface area contributed by atoms with Crippen molar-refractivity contribution in [1.29, 1.82) is 0 Å². The molecule has 2 N–H and O–H groups in total. The summed E-state index contributed by atoms with van der Waals surface area (Å²) in [5.74, 6) is 0.882. The van der Waals surface area contributed by atoms with E-state index in [1.54, 1.807) is 0 Å². The molecule has 112 valence electrons. The van der Waals surface area contributed by atoms with Gasteiger partial charge in [0.2, 0.25) is 11.0 Å². The van der Waals surface area contributed by atoms with Gasteiger partial charge in [-0.25, -0.2) is 4.98 Å². The lowest BCUT2D eigenvalue weighted by Gasteiger charge is -2.08. The summed E-state index contributed by atoms with van der Waals surface area (Å²) in [5, 5.41) is 6.96. The Hall–Kier alpha value is -1.95. The molecule has 0 saturated carbocycles. The van der Waals surface area contributed by atoms with E-state index < -0.39 is 0 Å². The summed E-state index contributed by atoms with van der Waals surface area (Å²) in [6.07, 6.45) is 0.850. The Morgan fingerprint density at radius 3 is 2.57 bits per heavy atom. The van der Waals surface area contributed by atoms with E-state index in [0.29, 0.717) is 6.54 Å². The molecule has 2 aromatic rings. The number of anilines is 2. The average molecular weight is 304 g/mol. The number of aryl methyl sites for hydroxylation is 1. The number of nitrogens with one attached hydrogen (secondary N) is 2. The molecule has 0 radical (unpaired) electrons. The Kier molecular flexibility index (Phi) is 5.27. The molecular formula is C15H20N4OS. The zero-order valence-electron chi connectivity index (χ0n) is 12.5. The lowest BCUT2D eigenvalue weighted by molar-refractivity contribution is -0.118. The maximum Gasteiger partial charge on any atom is 0.226 e. The first kappa shape index (κ1) is 15.4. The van der Waals surface area contributed by atoms with Crippen molar-refractivity contribution in [3.63, 3.8) is 0 Å². The molecule has 0 aliphatic heterocycles. The van der Waals surface area contributed by atoms with E-state index in [1.165, 1.54) is 11.5 Å². The zero-order valence-corrected chi connectivity index (χ0v) is 13.3. The normalized spacial score (nSPS) is 10.7. The molecule has 0 atom stereocenters. The van der Waals surface area contributed by atoms with Gasteiger partial charge in [0.15, 0.2) is 0 Å². The number of nitrogens with zero attached hydrogens (tertiary/aromatic N) is 2. The molecule has 0 spiro atoms. The van der Waals surface area contributed by atoms with Gasteiger partial charge in [0.05, 0.1) is 0 Å². The Morgan fingerprint density at radius 2 is 2.00 bits per heavy atom. The summed E-state index contributed by atoms with van der Waals surface area (Å²) < 4.78 is 4.23. The van der Waals surface area contributed by atoms with E-state index in [1.807, 2.05) is 45.0 Å². The molecule has 6 heteroatoms. The van der Waals surface area contributed by atoms with Crippen molar-refractivity contribution in [2.24, 2.45) is 5.92 Å². The number of amides is 1. The standard InChI is InChI=1S/C15H20N4OS/c1-4-13-18-15(21-19-13)16-9-11-5-7-12(8-6-11)17-14(20)10(2)3/h5-8,10H,4,9H2,1-3H3,(H,17,20)(H,16,18,19). The van der Waals surface area contributed by atoms with Gasteiger partial charge in [-0.1, -0.05) is 32.9 Å². The van der Waals surface area contributed by atoms with Gasteiger partial charge in [-0.3, -0.25) is 4.79 Å². The van der Waals surface area contributed by atoms with Crippen molar-refractivity contribution >= 4 is 28.3 Å². The Labute approximate surface area is 129 Å². The highest BCUT2D eigenvalue weighted by atomic mass is 32.1. The lowest BCUT2D eigenvalue weighted by Crippen LogP contribution is -2.17. The van der Waals surface area contributed by atoms with Crippen LogP contribution in [-0.4, -0.2) is 15.3 Å². The largest absolute Gasteiger partial charge is 0.356 e. The second-order valence-electron chi connectivity index (χ2n) is 5.06. The predicted molar refractivity (Wildman–Crippen MR) is 86.5 cm³/mol. The van der Waals surface area contributed by atoms with E-state index in [-0.39, 0.29) is 11.8 Å². The monoisotopic (exact) mass is 304 g/mol. The van der Waals surface area contributed by atoms with Crippen LogP contribution in [0.3, 0.4) is 0 Å². The van der Waals surface area contributed by atoms with Crippen LogP contribution in [0.5, 0.6) is 0 Å². The maximum atomic E-state index is 11.6. The molecule has 1 aromatic carbocycles. The molecular weight excluding hydrogens is 284 g/mol. The van der Waals surface area contributed by atoms with Crippen molar-refractivity contribution in [3.8, 4) is 0 Å². The number of rotatable bonds is 6. The molecule has 2 rings (SSSR count). The van der Waals surface area contributed by atoms with Crippen molar-refractivity contribution in [2.45, 2.75) is 33.7 Å². The molecule has 1 heterocycles. The second-order valence-corrected chi connectivity index (χ2v) is 5.82. The van der Waals surface area contributed by atoms with Gasteiger partial charge in [0.25, 0.3) is 0 Å². The Bertz CT molecular complexity index is 592. The molecule has 0 aliphatic carbocycles. The first-order valence-electron chi connectivity index (χ1n) is 7.04. The highest BCUT2D eigenvalue weighted by Gasteiger charge is 2.07. The predicted octanol–water partition coefficient (Wildman–Crippen LogP) is 3.31. The summed E-state index contributed by atoms with van der Waals surface area (Å²) in [6.45, 7) is 6.48. The lowest BCUT2D eigenvalue weighted by atomic mass is 10.1. The fourth-order valence-corrected chi connectivity index (χ4v) is 2.28. The molecule has 0 fully saturated rings. The van der Waals surface area contributed by atoms with Crippen molar-refractivity contribution < 1.29 is 4.79 Å². The molecule has 5 nitrogen and oxygen atoms in total.